The van der Waals surface area contributed by atoms with E-state index in [1.807, 2.05) is 18.2 Å². The maximum absolute atomic E-state index is 5.98. The molecule has 4 heteroatoms. The molecule has 0 saturated carbocycles. The lowest BCUT2D eigenvalue weighted by atomic mass is 9.98. The van der Waals surface area contributed by atoms with Crippen LogP contribution in [0.1, 0.15) is 36.0 Å². The highest BCUT2D eigenvalue weighted by atomic mass is 16.5. The number of methoxy groups -OCH3 is 1. The summed E-state index contributed by atoms with van der Waals surface area (Å²) in [6.07, 6.45) is 0.946. The number of hydrogen-bond donors (Lipinski definition) is 2. The first kappa shape index (κ1) is 17.9. The van der Waals surface area contributed by atoms with Gasteiger partial charge in [0.2, 0.25) is 0 Å². The Morgan fingerprint density at radius 1 is 1.12 bits per heavy atom. The van der Waals surface area contributed by atoms with E-state index in [1.54, 1.807) is 7.11 Å². The Balaban J connectivity index is 1.86. The fourth-order valence-electron chi connectivity index (χ4n) is 2.48. The van der Waals surface area contributed by atoms with Gasteiger partial charge in [0, 0.05) is 12.2 Å². The average Bonchev–Trinajstić information content (AvgIpc) is 2.58. The van der Waals surface area contributed by atoms with Crippen molar-refractivity contribution < 1.29 is 4.74 Å². The quantitative estimate of drug-likeness (QED) is 0.617. The molecule has 0 radical (unpaired) electrons. The molecule has 0 aromatic heterocycles. The van der Waals surface area contributed by atoms with Crippen molar-refractivity contribution in [3.8, 4) is 5.75 Å². The number of aryl methyl sites for hydroxylation is 2. The first-order chi connectivity index (χ1) is 11.5. The summed E-state index contributed by atoms with van der Waals surface area (Å²) in [6.45, 7) is 7.07. The number of anilines is 1. The van der Waals surface area contributed by atoms with E-state index in [2.05, 4.69) is 55.3 Å². The van der Waals surface area contributed by atoms with Crippen LogP contribution in [0.2, 0.25) is 0 Å². The van der Waals surface area contributed by atoms with Gasteiger partial charge in [0.1, 0.15) is 5.75 Å². The lowest BCUT2D eigenvalue weighted by Gasteiger charge is -2.12. The number of nitrogens with zero attached hydrogens (tertiary/aromatic N) is 1. The zero-order chi connectivity index (χ0) is 17.5. The van der Waals surface area contributed by atoms with Crippen LogP contribution >= 0.6 is 0 Å². The summed E-state index contributed by atoms with van der Waals surface area (Å²) in [4.78, 5) is 4.43. The maximum Gasteiger partial charge on any atom is 0.193 e. The number of nitrogens with one attached hydrogen (secondary N) is 1. The van der Waals surface area contributed by atoms with Crippen molar-refractivity contribution in [1.82, 2.24) is 0 Å². The Bertz CT molecular complexity index is 693. The third kappa shape index (κ3) is 5.01. The standard InChI is InChI=1S/C20H27N3O/c1-14-5-8-18(13-16(14)3)23-20(21)22-12-11-15(2)17-6-9-19(24-4)10-7-17/h5-10,13,15H,11-12H2,1-4H3,(H3,21,22,23). The molecule has 0 bridgehead atoms. The Labute approximate surface area is 144 Å². The number of rotatable bonds is 6. The van der Waals surface area contributed by atoms with Gasteiger partial charge in [-0.2, -0.15) is 0 Å². The number of benzene rings is 2. The molecule has 2 rings (SSSR count). The van der Waals surface area contributed by atoms with Crippen LogP contribution in [0.3, 0.4) is 0 Å². The summed E-state index contributed by atoms with van der Waals surface area (Å²) < 4.78 is 5.19. The highest BCUT2D eigenvalue weighted by Gasteiger charge is 2.05. The second kappa shape index (κ2) is 8.39. The third-order valence-corrected chi connectivity index (χ3v) is 4.31. The van der Waals surface area contributed by atoms with Crippen LogP contribution < -0.4 is 15.8 Å². The van der Waals surface area contributed by atoms with Crippen LogP contribution in [0.5, 0.6) is 5.75 Å². The Morgan fingerprint density at radius 3 is 2.46 bits per heavy atom. The Morgan fingerprint density at radius 2 is 1.83 bits per heavy atom. The number of guanidine groups is 1. The fraction of sp³-hybridized carbons (Fsp3) is 0.350. The number of nitrogens with two attached hydrogens (primary N) is 1. The van der Waals surface area contributed by atoms with Crippen LogP contribution in [0.25, 0.3) is 0 Å². The molecule has 128 valence electrons. The van der Waals surface area contributed by atoms with Crippen molar-refractivity contribution in [1.29, 1.82) is 0 Å². The smallest absolute Gasteiger partial charge is 0.193 e. The molecule has 0 fully saturated rings. The molecule has 0 aliphatic carbocycles. The Hall–Kier alpha value is -2.49. The summed E-state index contributed by atoms with van der Waals surface area (Å²) in [7, 11) is 1.68. The molecule has 0 amide bonds. The molecule has 1 atom stereocenters. The van der Waals surface area contributed by atoms with E-state index in [1.165, 1.54) is 16.7 Å². The molecule has 0 heterocycles. The first-order valence-electron chi connectivity index (χ1n) is 8.27. The van der Waals surface area contributed by atoms with Gasteiger partial charge in [-0.05, 0) is 67.1 Å². The molecule has 0 aliphatic heterocycles. The van der Waals surface area contributed by atoms with Gasteiger partial charge in [-0.3, -0.25) is 4.99 Å². The van der Waals surface area contributed by atoms with Crippen molar-refractivity contribution in [3.63, 3.8) is 0 Å². The topological polar surface area (TPSA) is 59.6 Å². The molecule has 3 N–H and O–H groups in total. The van der Waals surface area contributed by atoms with Crippen LogP contribution in [0.15, 0.2) is 47.5 Å². The van der Waals surface area contributed by atoms with Crippen molar-refractivity contribution in [2.24, 2.45) is 10.7 Å². The monoisotopic (exact) mass is 325 g/mol. The van der Waals surface area contributed by atoms with Gasteiger partial charge < -0.3 is 15.8 Å². The van der Waals surface area contributed by atoms with Gasteiger partial charge in [-0.25, -0.2) is 0 Å². The van der Waals surface area contributed by atoms with Crippen molar-refractivity contribution >= 4 is 11.6 Å². The normalized spacial score (nSPS) is 12.8. The SMILES string of the molecule is COc1ccc(C(C)CCN=C(N)Nc2ccc(C)c(C)c2)cc1. The highest BCUT2D eigenvalue weighted by Crippen LogP contribution is 2.21. The van der Waals surface area contributed by atoms with E-state index in [9.17, 15) is 0 Å². The molecular formula is C20H27N3O. The predicted molar refractivity (Wildman–Crippen MR) is 102 cm³/mol. The molecule has 0 spiro atoms. The fourth-order valence-corrected chi connectivity index (χ4v) is 2.48. The molecule has 2 aromatic rings. The second-order valence-corrected chi connectivity index (χ2v) is 6.15. The Kier molecular flexibility index (Phi) is 6.24. The van der Waals surface area contributed by atoms with Crippen LogP contribution in [-0.4, -0.2) is 19.6 Å². The zero-order valence-corrected chi connectivity index (χ0v) is 15.0. The average molecular weight is 325 g/mol. The zero-order valence-electron chi connectivity index (χ0n) is 15.0. The minimum Gasteiger partial charge on any atom is -0.497 e. The summed E-state index contributed by atoms with van der Waals surface area (Å²) in [5.41, 5.74) is 10.7. The van der Waals surface area contributed by atoms with E-state index in [0.717, 1.165) is 17.9 Å². The molecule has 4 nitrogen and oxygen atoms in total. The van der Waals surface area contributed by atoms with Gasteiger partial charge in [0.05, 0.1) is 7.11 Å². The number of hydrogen-bond acceptors (Lipinski definition) is 2. The van der Waals surface area contributed by atoms with Gasteiger partial charge in [-0.1, -0.05) is 25.1 Å². The van der Waals surface area contributed by atoms with Crippen LogP contribution in [-0.2, 0) is 0 Å². The summed E-state index contributed by atoms with van der Waals surface area (Å²) in [6, 6.07) is 14.4. The molecular weight excluding hydrogens is 298 g/mol. The highest BCUT2D eigenvalue weighted by molar-refractivity contribution is 5.92. The van der Waals surface area contributed by atoms with Crippen molar-refractivity contribution in [3.05, 3.63) is 59.2 Å². The van der Waals surface area contributed by atoms with Gasteiger partial charge in [-0.15, -0.1) is 0 Å². The molecule has 0 saturated heterocycles. The maximum atomic E-state index is 5.98. The summed E-state index contributed by atoms with van der Waals surface area (Å²) >= 11 is 0. The lowest BCUT2D eigenvalue weighted by Crippen LogP contribution is -2.23. The number of ether oxygens (including phenoxy) is 1. The van der Waals surface area contributed by atoms with E-state index in [0.29, 0.717) is 18.4 Å². The minimum absolute atomic E-state index is 0.425. The van der Waals surface area contributed by atoms with Gasteiger partial charge in [0.25, 0.3) is 0 Å². The van der Waals surface area contributed by atoms with Crippen LogP contribution in [0.4, 0.5) is 5.69 Å². The summed E-state index contributed by atoms with van der Waals surface area (Å²) in [5, 5.41) is 3.15. The third-order valence-electron chi connectivity index (χ3n) is 4.31. The largest absolute Gasteiger partial charge is 0.497 e. The first-order valence-corrected chi connectivity index (χ1v) is 8.27. The summed E-state index contributed by atoms with van der Waals surface area (Å²) in [5.74, 6) is 1.76. The molecule has 0 aliphatic rings. The number of aliphatic imine (C=N–C) groups is 1. The van der Waals surface area contributed by atoms with E-state index in [4.69, 9.17) is 10.5 Å². The van der Waals surface area contributed by atoms with Crippen molar-refractivity contribution in [2.75, 3.05) is 19.0 Å². The van der Waals surface area contributed by atoms with E-state index >= 15 is 0 Å². The van der Waals surface area contributed by atoms with E-state index in [-0.39, 0.29) is 0 Å². The predicted octanol–water partition coefficient (Wildman–Crippen LogP) is 4.23. The molecule has 24 heavy (non-hydrogen) atoms. The lowest BCUT2D eigenvalue weighted by molar-refractivity contribution is 0.414. The minimum atomic E-state index is 0.425. The van der Waals surface area contributed by atoms with Crippen LogP contribution in [0, 0.1) is 13.8 Å². The van der Waals surface area contributed by atoms with Gasteiger partial charge in [0.15, 0.2) is 5.96 Å². The van der Waals surface area contributed by atoms with E-state index < -0.39 is 0 Å². The second-order valence-electron chi connectivity index (χ2n) is 6.15. The molecule has 2 aromatic carbocycles. The van der Waals surface area contributed by atoms with Crippen molar-refractivity contribution in [2.45, 2.75) is 33.1 Å². The van der Waals surface area contributed by atoms with Gasteiger partial charge >= 0.3 is 0 Å². The molecule has 1 unspecified atom stereocenters.